The fourth-order valence-electron chi connectivity index (χ4n) is 3.12. The zero-order chi connectivity index (χ0) is 12.1. The van der Waals surface area contributed by atoms with Crippen LogP contribution in [0.5, 0.6) is 0 Å². The lowest BCUT2D eigenvalue weighted by atomic mass is 9.97. The quantitative estimate of drug-likeness (QED) is 0.727. The van der Waals surface area contributed by atoms with Crippen LogP contribution >= 0.6 is 15.9 Å². The van der Waals surface area contributed by atoms with Crippen LogP contribution < -0.4 is 0 Å². The maximum atomic E-state index is 12.1. The number of likely N-dealkylation sites (tertiary alicyclic amines) is 1. The Hall–Kier alpha value is -0.0500. The second-order valence-corrected chi connectivity index (χ2v) is 6.32. The lowest BCUT2D eigenvalue weighted by Crippen LogP contribution is -2.38. The van der Waals surface area contributed by atoms with Gasteiger partial charge < -0.3 is 4.90 Å². The Morgan fingerprint density at radius 2 is 1.71 bits per heavy atom. The smallest absolute Gasteiger partial charge is 0.222 e. The monoisotopic (exact) mass is 301 g/mol. The van der Waals surface area contributed by atoms with Crippen LogP contribution in [0, 0.1) is 11.8 Å². The molecule has 1 saturated carbocycles. The lowest BCUT2D eigenvalue weighted by molar-refractivity contribution is -0.132. The van der Waals surface area contributed by atoms with Crippen molar-refractivity contribution >= 4 is 21.8 Å². The normalized spacial score (nSPS) is 23.2. The van der Waals surface area contributed by atoms with Gasteiger partial charge in [-0.2, -0.15) is 0 Å². The molecule has 2 aliphatic rings. The van der Waals surface area contributed by atoms with Crippen molar-refractivity contribution in [2.75, 3.05) is 18.4 Å². The number of alkyl halides is 1. The number of hydrogen-bond donors (Lipinski definition) is 0. The van der Waals surface area contributed by atoms with Crippen LogP contribution in [-0.2, 0) is 4.79 Å². The summed E-state index contributed by atoms with van der Waals surface area (Å²) in [4.78, 5) is 14.2. The summed E-state index contributed by atoms with van der Waals surface area (Å²) in [5.74, 6) is 2.04. The summed E-state index contributed by atoms with van der Waals surface area (Å²) >= 11 is 3.54. The number of carbonyl (C=O) groups excluding carboxylic acids is 1. The summed E-state index contributed by atoms with van der Waals surface area (Å²) in [6.45, 7) is 1.97. The first-order valence-electron chi connectivity index (χ1n) is 7.13. The fraction of sp³-hybridized carbons (Fsp3) is 0.929. The molecule has 2 fully saturated rings. The molecule has 0 spiro atoms. The van der Waals surface area contributed by atoms with Gasteiger partial charge in [0.1, 0.15) is 0 Å². The summed E-state index contributed by atoms with van der Waals surface area (Å²) in [5.41, 5.74) is 0. The predicted octanol–water partition coefficient (Wildman–Crippen LogP) is 3.59. The molecule has 0 aromatic carbocycles. The van der Waals surface area contributed by atoms with Crippen LogP contribution in [0.4, 0.5) is 0 Å². The number of amides is 1. The molecule has 3 heteroatoms. The van der Waals surface area contributed by atoms with Gasteiger partial charge in [0.25, 0.3) is 0 Å². The molecule has 0 bridgehead atoms. The molecule has 1 heterocycles. The Morgan fingerprint density at radius 3 is 2.29 bits per heavy atom. The van der Waals surface area contributed by atoms with Gasteiger partial charge in [-0.3, -0.25) is 4.79 Å². The van der Waals surface area contributed by atoms with Crippen molar-refractivity contribution in [1.82, 2.24) is 4.90 Å². The van der Waals surface area contributed by atoms with Gasteiger partial charge in [-0.15, -0.1) is 0 Å². The highest BCUT2D eigenvalue weighted by Crippen LogP contribution is 2.29. The van der Waals surface area contributed by atoms with Crippen molar-refractivity contribution in [3.63, 3.8) is 0 Å². The van der Waals surface area contributed by atoms with E-state index in [0.717, 1.165) is 43.1 Å². The Labute approximate surface area is 113 Å². The molecule has 1 aliphatic heterocycles. The maximum absolute atomic E-state index is 12.1. The molecular formula is C14H24BrNO. The molecule has 0 N–H and O–H groups in total. The topological polar surface area (TPSA) is 20.3 Å². The number of halogens is 1. The highest BCUT2D eigenvalue weighted by Gasteiger charge is 2.23. The van der Waals surface area contributed by atoms with Gasteiger partial charge in [0, 0.05) is 24.8 Å². The average molecular weight is 302 g/mol. The van der Waals surface area contributed by atoms with Crippen molar-refractivity contribution in [3.8, 4) is 0 Å². The van der Waals surface area contributed by atoms with Gasteiger partial charge in [0.2, 0.25) is 5.91 Å². The molecule has 0 aromatic rings. The minimum Gasteiger partial charge on any atom is -0.343 e. The van der Waals surface area contributed by atoms with E-state index < -0.39 is 0 Å². The number of piperidine rings is 1. The van der Waals surface area contributed by atoms with E-state index in [0.29, 0.717) is 5.91 Å². The maximum Gasteiger partial charge on any atom is 0.222 e. The third kappa shape index (κ3) is 3.97. The number of carbonyl (C=O) groups is 1. The minimum atomic E-state index is 0.407. The molecule has 1 aliphatic carbocycles. The van der Waals surface area contributed by atoms with Crippen molar-refractivity contribution in [2.24, 2.45) is 11.8 Å². The van der Waals surface area contributed by atoms with Crippen LogP contribution in [0.25, 0.3) is 0 Å². The van der Waals surface area contributed by atoms with Crippen molar-refractivity contribution in [3.05, 3.63) is 0 Å². The molecule has 0 aromatic heterocycles. The molecule has 1 saturated heterocycles. The predicted molar refractivity (Wildman–Crippen MR) is 74.3 cm³/mol. The van der Waals surface area contributed by atoms with E-state index in [9.17, 15) is 4.79 Å². The molecule has 1 amide bonds. The van der Waals surface area contributed by atoms with E-state index >= 15 is 0 Å². The van der Waals surface area contributed by atoms with Crippen molar-refractivity contribution in [2.45, 2.75) is 51.4 Å². The summed E-state index contributed by atoms with van der Waals surface area (Å²) < 4.78 is 0. The minimum absolute atomic E-state index is 0.407. The molecule has 17 heavy (non-hydrogen) atoms. The Bertz CT molecular complexity index is 243. The third-order valence-electron chi connectivity index (χ3n) is 4.43. The van der Waals surface area contributed by atoms with Gasteiger partial charge in [0.15, 0.2) is 0 Å². The molecule has 2 rings (SSSR count). The first-order valence-corrected chi connectivity index (χ1v) is 8.25. The van der Waals surface area contributed by atoms with Gasteiger partial charge in [-0.1, -0.05) is 41.6 Å². The zero-order valence-electron chi connectivity index (χ0n) is 10.7. The van der Waals surface area contributed by atoms with Crippen LogP contribution in [-0.4, -0.2) is 29.2 Å². The first kappa shape index (κ1) is 13.4. The third-order valence-corrected chi connectivity index (χ3v) is 5.34. The van der Waals surface area contributed by atoms with E-state index in [4.69, 9.17) is 0 Å². The summed E-state index contributed by atoms with van der Waals surface area (Å²) in [5, 5.41) is 1.09. The van der Waals surface area contributed by atoms with Gasteiger partial charge >= 0.3 is 0 Å². The molecular weight excluding hydrogens is 278 g/mol. The molecule has 0 atom stereocenters. The van der Waals surface area contributed by atoms with Crippen molar-refractivity contribution in [1.29, 1.82) is 0 Å². The molecule has 2 nitrogen and oxygen atoms in total. The highest BCUT2D eigenvalue weighted by atomic mass is 79.9. The zero-order valence-corrected chi connectivity index (χ0v) is 12.3. The standard InChI is InChI=1S/C14H24BrNO/c15-11-13-7-9-16(10-8-13)14(17)6-5-12-3-1-2-4-12/h12-13H,1-11H2. The second kappa shape index (κ2) is 6.77. The van der Waals surface area contributed by atoms with E-state index in [1.807, 2.05) is 0 Å². The Balaban J connectivity index is 1.66. The van der Waals surface area contributed by atoms with Crippen LogP contribution in [0.1, 0.15) is 51.4 Å². The lowest BCUT2D eigenvalue weighted by Gasteiger charge is -2.31. The van der Waals surface area contributed by atoms with E-state index in [1.165, 1.54) is 38.5 Å². The Kier molecular flexibility index (Phi) is 5.33. The largest absolute Gasteiger partial charge is 0.343 e. The summed E-state index contributed by atoms with van der Waals surface area (Å²) in [6, 6.07) is 0. The highest BCUT2D eigenvalue weighted by molar-refractivity contribution is 9.09. The fourth-order valence-corrected chi connectivity index (χ4v) is 3.77. The van der Waals surface area contributed by atoms with Crippen LogP contribution in [0.15, 0.2) is 0 Å². The van der Waals surface area contributed by atoms with E-state index in [2.05, 4.69) is 20.8 Å². The van der Waals surface area contributed by atoms with Gasteiger partial charge in [-0.25, -0.2) is 0 Å². The van der Waals surface area contributed by atoms with Crippen molar-refractivity contribution < 1.29 is 4.79 Å². The molecule has 0 unspecified atom stereocenters. The molecule has 98 valence electrons. The number of rotatable bonds is 4. The van der Waals surface area contributed by atoms with Crippen LogP contribution in [0.2, 0.25) is 0 Å². The van der Waals surface area contributed by atoms with Gasteiger partial charge in [-0.05, 0) is 31.1 Å². The Morgan fingerprint density at radius 1 is 1.06 bits per heavy atom. The number of hydrogen-bond acceptors (Lipinski definition) is 1. The average Bonchev–Trinajstić information content (AvgIpc) is 2.89. The second-order valence-electron chi connectivity index (χ2n) is 5.67. The SMILES string of the molecule is O=C(CCC1CCCC1)N1CCC(CBr)CC1. The van der Waals surface area contributed by atoms with E-state index in [1.54, 1.807) is 0 Å². The first-order chi connectivity index (χ1) is 8.29. The van der Waals surface area contributed by atoms with Crippen LogP contribution in [0.3, 0.4) is 0 Å². The summed E-state index contributed by atoms with van der Waals surface area (Å²) in [6.07, 6.45) is 9.78. The summed E-state index contributed by atoms with van der Waals surface area (Å²) in [7, 11) is 0. The van der Waals surface area contributed by atoms with E-state index in [-0.39, 0.29) is 0 Å². The number of nitrogens with zero attached hydrogens (tertiary/aromatic N) is 1. The van der Waals surface area contributed by atoms with Gasteiger partial charge in [0.05, 0.1) is 0 Å². The molecule has 0 radical (unpaired) electrons.